The van der Waals surface area contributed by atoms with Gasteiger partial charge in [-0.1, -0.05) is 5.10 Å². The number of aromatic nitrogens is 4. The number of nitrogens with zero attached hydrogens (tertiary/aromatic N) is 4. The van der Waals surface area contributed by atoms with E-state index in [2.05, 4.69) is 20.8 Å². The second-order valence-electron chi connectivity index (χ2n) is 6.92. The summed E-state index contributed by atoms with van der Waals surface area (Å²) in [6.45, 7) is 0. The van der Waals surface area contributed by atoms with Gasteiger partial charge in [-0.2, -0.15) is 4.68 Å². The molecule has 33 heavy (non-hydrogen) atoms. The summed E-state index contributed by atoms with van der Waals surface area (Å²) in [7, 11) is 5.79. The standard InChI is InChI=1S/C22H21N5O6/c1-30-13-7-5-12(6-8-13)20(28)17-18(21(29)33-4)23-22-24-25-26-27(22)19(17)15-11-14(31-2)9-10-16(15)32-3/h5-11,19H,1-4H3,(H,23,24,26)/t19-/m0/s1. The van der Waals surface area contributed by atoms with Gasteiger partial charge < -0.3 is 24.3 Å². The van der Waals surface area contributed by atoms with Crippen LogP contribution < -0.4 is 19.5 Å². The number of carbonyl (C=O) groups is 2. The molecule has 0 fully saturated rings. The number of esters is 1. The molecule has 0 saturated heterocycles. The first-order valence-electron chi connectivity index (χ1n) is 9.80. The van der Waals surface area contributed by atoms with Crippen molar-refractivity contribution >= 4 is 17.7 Å². The van der Waals surface area contributed by atoms with Crippen molar-refractivity contribution in [2.24, 2.45) is 0 Å². The number of ketones is 1. The number of methoxy groups -OCH3 is 4. The van der Waals surface area contributed by atoms with Crippen molar-refractivity contribution in [3.63, 3.8) is 0 Å². The molecule has 1 aliphatic rings. The molecule has 0 saturated carbocycles. The fraction of sp³-hybridized carbons (Fsp3) is 0.227. The Balaban J connectivity index is 1.98. The molecule has 0 amide bonds. The summed E-state index contributed by atoms with van der Waals surface area (Å²) >= 11 is 0. The number of anilines is 1. The van der Waals surface area contributed by atoms with Gasteiger partial charge in [0.05, 0.1) is 34.0 Å². The molecule has 11 nitrogen and oxygen atoms in total. The molecule has 0 radical (unpaired) electrons. The van der Waals surface area contributed by atoms with E-state index in [0.29, 0.717) is 28.4 Å². The number of benzene rings is 2. The Hall–Kier alpha value is -4.41. The Labute approximate surface area is 188 Å². The molecule has 3 aromatic rings. The summed E-state index contributed by atoms with van der Waals surface area (Å²) in [5.41, 5.74) is 0.858. The number of nitrogens with one attached hydrogen (secondary N) is 1. The number of Topliss-reactive ketones (excluding diaryl/α,β-unsaturated/α-hetero) is 1. The van der Waals surface area contributed by atoms with Crippen LogP contribution in [-0.4, -0.2) is 60.4 Å². The molecule has 1 N–H and O–H groups in total. The van der Waals surface area contributed by atoms with Crippen LogP contribution in [0.5, 0.6) is 17.2 Å². The van der Waals surface area contributed by atoms with E-state index in [0.717, 1.165) is 0 Å². The van der Waals surface area contributed by atoms with Crippen molar-refractivity contribution in [3.8, 4) is 17.2 Å². The van der Waals surface area contributed by atoms with Crippen molar-refractivity contribution in [1.82, 2.24) is 20.2 Å². The zero-order valence-electron chi connectivity index (χ0n) is 18.4. The minimum Gasteiger partial charge on any atom is -0.497 e. The van der Waals surface area contributed by atoms with Crippen LogP contribution >= 0.6 is 0 Å². The molecule has 1 atom stereocenters. The Morgan fingerprint density at radius 2 is 1.64 bits per heavy atom. The molecule has 0 aliphatic carbocycles. The molecule has 0 bridgehead atoms. The second-order valence-corrected chi connectivity index (χ2v) is 6.92. The fourth-order valence-corrected chi connectivity index (χ4v) is 3.63. The number of allylic oxidation sites excluding steroid dienone is 1. The molecular weight excluding hydrogens is 430 g/mol. The van der Waals surface area contributed by atoms with Crippen molar-refractivity contribution in [3.05, 3.63) is 64.9 Å². The third-order valence-electron chi connectivity index (χ3n) is 5.23. The molecule has 1 aromatic heterocycles. The number of hydrogen-bond donors (Lipinski definition) is 1. The molecule has 11 heteroatoms. The van der Waals surface area contributed by atoms with Crippen molar-refractivity contribution in [2.75, 3.05) is 33.8 Å². The lowest BCUT2D eigenvalue weighted by Crippen LogP contribution is -2.33. The maximum atomic E-state index is 13.8. The first-order chi connectivity index (χ1) is 16.0. The summed E-state index contributed by atoms with van der Waals surface area (Å²) in [6, 6.07) is 10.8. The van der Waals surface area contributed by atoms with Gasteiger partial charge in [0.25, 0.3) is 0 Å². The van der Waals surface area contributed by atoms with E-state index >= 15 is 0 Å². The Morgan fingerprint density at radius 3 is 2.27 bits per heavy atom. The first kappa shape index (κ1) is 21.8. The van der Waals surface area contributed by atoms with Gasteiger partial charge in [0.15, 0.2) is 5.78 Å². The Kier molecular flexibility index (Phi) is 5.94. The summed E-state index contributed by atoms with van der Waals surface area (Å²) in [6.07, 6.45) is 0. The monoisotopic (exact) mass is 451 g/mol. The highest BCUT2D eigenvalue weighted by Crippen LogP contribution is 2.41. The maximum Gasteiger partial charge on any atom is 0.355 e. The largest absolute Gasteiger partial charge is 0.497 e. The predicted molar refractivity (Wildman–Crippen MR) is 115 cm³/mol. The summed E-state index contributed by atoms with van der Waals surface area (Å²) < 4.78 is 22.5. The van der Waals surface area contributed by atoms with Gasteiger partial charge in [-0.05, 0) is 52.9 Å². The van der Waals surface area contributed by atoms with Crippen molar-refractivity contribution < 1.29 is 28.5 Å². The summed E-state index contributed by atoms with van der Waals surface area (Å²) in [4.78, 5) is 26.6. The van der Waals surface area contributed by atoms with Gasteiger partial charge in [-0.3, -0.25) is 4.79 Å². The van der Waals surface area contributed by atoms with E-state index in [4.69, 9.17) is 18.9 Å². The van der Waals surface area contributed by atoms with Gasteiger partial charge in [0, 0.05) is 11.1 Å². The van der Waals surface area contributed by atoms with E-state index < -0.39 is 17.8 Å². The van der Waals surface area contributed by atoms with Crippen molar-refractivity contribution in [1.29, 1.82) is 0 Å². The molecule has 1 aliphatic heterocycles. The highest BCUT2D eigenvalue weighted by Gasteiger charge is 2.40. The second kappa shape index (κ2) is 8.99. The number of fused-ring (bicyclic) bond motifs is 1. The fourth-order valence-electron chi connectivity index (χ4n) is 3.63. The van der Waals surface area contributed by atoms with Crippen LogP contribution in [0, 0.1) is 0 Å². The Morgan fingerprint density at radius 1 is 0.939 bits per heavy atom. The van der Waals surface area contributed by atoms with Crippen molar-refractivity contribution in [2.45, 2.75) is 6.04 Å². The van der Waals surface area contributed by atoms with Gasteiger partial charge in [0.1, 0.15) is 29.0 Å². The highest BCUT2D eigenvalue weighted by atomic mass is 16.5. The maximum absolute atomic E-state index is 13.8. The molecule has 4 rings (SSSR count). The quantitative estimate of drug-likeness (QED) is 0.421. The van der Waals surface area contributed by atoms with Crippen LogP contribution in [0.2, 0.25) is 0 Å². The van der Waals surface area contributed by atoms with Crippen LogP contribution in [0.25, 0.3) is 0 Å². The van der Waals surface area contributed by atoms with Crippen LogP contribution in [0.4, 0.5) is 5.95 Å². The highest BCUT2D eigenvalue weighted by molar-refractivity contribution is 6.15. The van der Waals surface area contributed by atoms with Gasteiger partial charge in [0.2, 0.25) is 5.95 Å². The zero-order chi connectivity index (χ0) is 23.5. The van der Waals surface area contributed by atoms with E-state index in [1.54, 1.807) is 42.5 Å². The lowest BCUT2D eigenvalue weighted by molar-refractivity contribution is -0.136. The van der Waals surface area contributed by atoms with E-state index in [1.165, 1.54) is 33.1 Å². The normalized spacial score (nSPS) is 14.7. The van der Waals surface area contributed by atoms with Crippen LogP contribution in [-0.2, 0) is 9.53 Å². The van der Waals surface area contributed by atoms with E-state index in [9.17, 15) is 9.59 Å². The smallest absolute Gasteiger partial charge is 0.355 e. The van der Waals surface area contributed by atoms with Crippen LogP contribution in [0.1, 0.15) is 22.0 Å². The number of carbonyl (C=O) groups excluding carboxylic acids is 2. The Bertz CT molecular complexity index is 1230. The molecule has 2 heterocycles. The molecule has 2 aromatic carbocycles. The molecule has 170 valence electrons. The SMILES string of the molecule is COC(=O)C1=C(C(=O)c2ccc(OC)cc2)[C@H](c2cc(OC)ccc2OC)n2nnnc2N1. The number of ether oxygens (including phenoxy) is 4. The zero-order valence-corrected chi connectivity index (χ0v) is 18.4. The minimum absolute atomic E-state index is 0.0736. The van der Waals surface area contributed by atoms with E-state index in [1.807, 2.05) is 0 Å². The van der Waals surface area contributed by atoms with Crippen LogP contribution in [0.15, 0.2) is 53.7 Å². The first-order valence-corrected chi connectivity index (χ1v) is 9.80. The number of tetrazole rings is 1. The number of rotatable bonds is 7. The molecule has 0 unspecified atom stereocenters. The lowest BCUT2D eigenvalue weighted by atomic mass is 9.88. The third kappa shape index (κ3) is 3.84. The summed E-state index contributed by atoms with van der Waals surface area (Å²) in [5, 5.41) is 14.5. The third-order valence-corrected chi connectivity index (χ3v) is 5.23. The minimum atomic E-state index is -0.912. The molecule has 0 spiro atoms. The van der Waals surface area contributed by atoms with Gasteiger partial charge >= 0.3 is 5.97 Å². The van der Waals surface area contributed by atoms with Crippen LogP contribution in [0.3, 0.4) is 0 Å². The number of hydrogen-bond acceptors (Lipinski definition) is 10. The van der Waals surface area contributed by atoms with Gasteiger partial charge in [-0.15, -0.1) is 0 Å². The lowest BCUT2D eigenvalue weighted by Gasteiger charge is -2.29. The van der Waals surface area contributed by atoms with Gasteiger partial charge in [-0.25, -0.2) is 4.79 Å². The topological polar surface area (TPSA) is 127 Å². The van der Waals surface area contributed by atoms with E-state index in [-0.39, 0.29) is 17.2 Å². The molecular formula is C22H21N5O6. The average molecular weight is 451 g/mol. The average Bonchev–Trinajstić information content (AvgIpc) is 3.34. The summed E-state index contributed by atoms with van der Waals surface area (Å²) in [5.74, 6) is 0.554. The predicted octanol–water partition coefficient (Wildman–Crippen LogP) is 2.02.